The van der Waals surface area contributed by atoms with Gasteiger partial charge < -0.3 is 44.1 Å². The zero-order valence-electron chi connectivity index (χ0n) is 26.1. The lowest BCUT2D eigenvalue weighted by Gasteiger charge is -2.44. The van der Waals surface area contributed by atoms with Gasteiger partial charge in [-0.15, -0.1) is 0 Å². The summed E-state index contributed by atoms with van der Waals surface area (Å²) in [6, 6.07) is 13.4. The van der Waals surface area contributed by atoms with E-state index in [1.807, 2.05) is 32.0 Å². The van der Waals surface area contributed by atoms with Crippen LogP contribution in [0.25, 0.3) is 0 Å². The lowest BCUT2D eigenvalue weighted by atomic mass is 9.69. The Balaban J connectivity index is 1.91. The zero-order chi connectivity index (χ0) is 32.6. The van der Waals surface area contributed by atoms with E-state index in [0.29, 0.717) is 48.8 Å². The van der Waals surface area contributed by atoms with Crippen LogP contribution in [0.2, 0.25) is 0 Å². The molecule has 0 spiro atoms. The van der Waals surface area contributed by atoms with Crippen molar-refractivity contribution in [3.05, 3.63) is 47.5 Å². The van der Waals surface area contributed by atoms with E-state index < -0.39 is 42.0 Å². The third-order valence-electron chi connectivity index (χ3n) is 8.43. The molecule has 2 aromatic rings. The maximum absolute atomic E-state index is 11.8. The first kappa shape index (κ1) is 34.9. The molecule has 44 heavy (non-hydrogen) atoms. The Morgan fingerprint density at radius 1 is 0.909 bits per heavy atom. The van der Waals surface area contributed by atoms with Crippen molar-refractivity contribution in [1.29, 1.82) is 5.26 Å². The van der Waals surface area contributed by atoms with Gasteiger partial charge in [0, 0.05) is 13.1 Å². The molecule has 1 fully saturated rings. The smallest absolute Gasteiger partial charge is 0.335 e. The second-order valence-electron chi connectivity index (χ2n) is 11.1. The Kier molecular flexibility index (Phi) is 12.2. The summed E-state index contributed by atoms with van der Waals surface area (Å²) in [4.78, 5) is 13.6. The van der Waals surface area contributed by atoms with E-state index in [1.54, 1.807) is 37.3 Å². The summed E-state index contributed by atoms with van der Waals surface area (Å²) in [5, 5.41) is 51.8. The molecule has 1 saturated heterocycles. The average Bonchev–Trinajstić information content (AvgIpc) is 3.03. The van der Waals surface area contributed by atoms with E-state index >= 15 is 0 Å². The summed E-state index contributed by atoms with van der Waals surface area (Å²) in [6.07, 6.45) is -6.76. The van der Waals surface area contributed by atoms with Crippen LogP contribution in [0.1, 0.15) is 37.8 Å². The fraction of sp³-hybridized carbons (Fsp3) is 0.562. The molecule has 0 radical (unpaired) electrons. The number of rotatable bonds is 15. The third kappa shape index (κ3) is 7.36. The molecule has 242 valence electrons. The van der Waals surface area contributed by atoms with Gasteiger partial charge in [0.25, 0.3) is 0 Å². The van der Waals surface area contributed by atoms with E-state index in [1.165, 1.54) is 14.2 Å². The van der Waals surface area contributed by atoms with Gasteiger partial charge in [0.15, 0.2) is 29.1 Å². The second kappa shape index (κ2) is 15.4. The quantitative estimate of drug-likeness (QED) is 0.231. The second-order valence-corrected chi connectivity index (χ2v) is 11.1. The molecule has 2 aromatic carbocycles. The SMILES string of the molecule is COc1ccc(CCN(CCC[C@](C#N)(c2ccc(OC)c(OC)c2)C(C)C)[C@H]2O[C@H](C(=O)O)[C@H](O)[C@@H](O)[C@@H]2O)cc1OC. The fourth-order valence-corrected chi connectivity index (χ4v) is 5.73. The van der Waals surface area contributed by atoms with Crippen molar-refractivity contribution in [1.82, 2.24) is 4.90 Å². The molecule has 1 heterocycles. The largest absolute Gasteiger partial charge is 0.493 e. The van der Waals surface area contributed by atoms with Gasteiger partial charge in [-0.1, -0.05) is 26.0 Å². The van der Waals surface area contributed by atoms with E-state index in [9.17, 15) is 30.5 Å². The molecule has 0 amide bonds. The minimum Gasteiger partial charge on any atom is -0.493 e. The number of aliphatic hydroxyl groups excluding tert-OH is 3. The normalized spacial score (nSPS) is 23.1. The monoisotopic (exact) mass is 616 g/mol. The summed E-state index contributed by atoms with van der Waals surface area (Å²) in [7, 11) is 6.15. The van der Waals surface area contributed by atoms with Crippen molar-refractivity contribution in [3.8, 4) is 29.1 Å². The molecule has 3 rings (SSSR count). The zero-order valence-corrected chi connectivity index (χ0v) is 26.1. The lowest BCUT2D eigenvalue weighted by Crippen LogP contribution is -2.64. The van der Waals surface area contributed by atoms with Gasteiger partial charge in [-0.2, -0.15) is 5.26 Å². The summed E-state index contributed by atoms with van der Waals surface area (Å²) in [5.41, 5.74) is 0.745. The number of nitriles is 1. The highest BCUT2D eigenvalue weighted by Crippen LogP contribution is 2.41. The number of carbonyl (C=O) groups is 1. The molecule has 0 bridgehead atoms. The molecular weight excluding hydrogens is 572 g/mol. The Bertz CT molecular complexity index is 1300. The number of nitrogens with zero attached hydrogens (tertiary/aromatic N) is 2. The summed E-state index contributed by atoms with van der Waals surface area (Å²) in [5.74, 6) is 0.622. The average molecular weight is 617 g/mol. The van der Waals surface area contributed by atoms with Gasteiger partial charge in [0.1, 0.15) is 24.5 Å². The predicted molar refractivity (Wildman–Crippen MR) is 160 cm³/mol. The highest BCUT2D eigenvalue weighted by atomic mass is 16.6. The van der Waals surface area contributed by atoms with Crippen LogP contribution < -0.4 is 18.9 Å². The summed E-state index contributed by atoms with van der Waals surface area (Å²) >= 11 is 0. The van der Waals surface area contributed by atoms with Crippen molar-refractivity contribution in [2.75, 3.05) is 41.5 Å². The number of benzene rings is 2. The standard InChI is InChI=1S/C32H44N2O10/c1-19(2)32(18-33,21-9-11-23(41-4)25(17-21)43-6)13-7-14-34(15-12-20-8-10-22(40-3)24(16-20)42-5)30-28(37)26(35)27(36)29(44-30)31(38)39/h8-11,16-17,19,26-30,35-37H,7,12-15H2,1-6H3,(H,38,39)/t26-,27-,28+,29+,30+,32-/m1/s1. The molecule has 12 nitrogen and oxygen atoms in total. The Hall–Kier alpha value is -3.60. The Morgan fingerprint density at radius 2 is 1.50 bits per heavy atom. The first-order valence-corrected chi connectivity index (χ1v) is 14.5. The van der Waals surface area contributed by atoms with Crippen molar-refractivity contribution in [3.63, 3.8) is 0 Å². The first-order chi connectivity index (χ1) is 21.0. The van der Waals surface area contributed by atoms with Crippen molar-refractivity contribution < 1.29 is 48.9 Å². The van der Waals surface area contributed by atoms with E-state index in [0.717, 1.165) is 11.1 Å². The molecule has 4 N–H and O–H groups in total. The minimum absolute atomic E-state index is 0.0873. The molecule has 1 aliphatic heterocycles. The van der Waals surface area contributed by atoms with Gasteiger partial charge in [-0.3, -0.25) is 4.90 Å². The summed E-state index contributed by atoms with van der Waals surface area (Å²) in [6.45, 7) is 4.52. The number of aliphatic hydroxyl groups is 3. The fourth-order valence-electron chi connectivity index (χ4n) is 5.73. The van der Waals surface area contributed by atoms with Crippen molar-refractivity contribution >= 4 is 5.97 Å². The number of hydrogen-bond donors (Lipinski definition) is 4. The highest BCUT2D eigenvalue weighted by molar-refractivity contribution is 5.73. The van der Waals surface area contributed by atoms with Gasteiger partial charge in [-0.05, 0) is 60.6 Å². The van der Waals surface area contributed by atoms with Crippen LogP contribution in [0, 0.1) is 17.2 Å². The van der Waals surface area contributed by atoms with Crippen LogP contribution >= 0.6 is 0 Å². The van der Waals surface area contributed by atoms with Gasteiger partial charge in [0.05, 0.1) is 39.9 Å². The number of carboxylic acid groups (broad SMARTS) is 1. The summed E-state index contributed by atoms with van der Waals surface area (Å²) < 4.78 is 27.3. The van der Waals surface area contributed by atoms with Crippen LogP contribution in [0.5, 0.6) is 23.0 Å². The first-order valence-electron chi connectivity index (χ1n) is 14.5. The molecule has 12 heteroatoms. The number of methoxy groups -OCH3 is 4. The van der Waals surface area contributed by atoms with E-state index in [-0.39, 0.29) is 12.5 Å². The van der Waals surface area contributed by atoms with Crippen LogP contribution in [0.15, 0.2) is 36.4 Å². The van der Waals surface area contributed by atoms with Crippen molar-refractivity contribution in [2.24, 2.45) is 5.92 Å². The topological polar surface area (TPSA) is 171 Å². The number of aliphatic carboxylic acids is 1. The van der Waals surface area contributed by atoms with Crippen LogP contribution in [0.3, 0.4) is 0 Å². The molecule has 0 aliphatic carbocycles. The van der Waals surface area contributed by atoms with Gasteiger partial charge in [-0.25, -0.2) is 4.79 Å². The molecule has 6 atom stereocenters. The lowest BCUT2D eigenvalue weighted by molar-refractivity contribution is -0.259. The van der Waals surface area contributed by atoms with Crippen LogP contribution in [0.4, 0.5) is 0 Å². The third-order valence-corrected chi connectivity index (χ3v) is 8.43. The Labute approximate surface area is 258 Å². The maximum Gasteiger partial charge on any atom is 0.335 e. The van der Waals surface area contributed by atoms with Gasteiger partial charge >= 0.3 is 5.97 Å². The number of hydrogen-bond acceptors (Lipinski definition) is 11. The Morgan fingerprint density at radius 3 is 2.05 bits per heavy atom. The molecule has 1 aliphatic rings. The molecule has 0 aromatic heterocycles. The van der Waals surface area contributed by atoms with Crippen LogP contribution in [-0.4, -0.2) is 103 Å². The number of carboxylic acids is 1. The molecule has 0 unspecified atom stereocenters. The van der Waals surface area contributed by atoms with Crippen molar-refractivity contribution in [2.45, 2.75) is 69.2 Å². The van der Waals surface area contributed by atoms with Gasteiger partial charge in [0.2, 0.25) is 0 Å². The maximum atomic E-state index is 11.8. The molecule has 0 saturated carbocycles. The number of ether oxygens (including phenoxy) is 5. The highest BCUT2D eigenvalue weighted by Gasteiger charge is 2.48. The van der Waals surface area contributed by atoms with E-state index in [4.69, 9.17) is 23.7 Å². The van der Waals surface area contributed by atoms with Crippen LogP contribution in [-0.2, 0) is 21.4 Å². The molecular formula is C32H44N2O10. The predicted octanol–water partition coefficient (Wildman–Crippen LogP) is 2.36. The minimum atomic E-state index is -1.80. The van der Waals surface area contributed by atoms with E-state index in [2.05, 4.69) is 6.07 Å².